The fourth-order valence-electron chi connectivity index (χ4n) is 5.44. The van der Waals surface area contributed by atoms with Crippen molar-refractivity contribution in [1.82, 2.24) is 30.3 Å². The Morgan fingerprint density at radius 3 is 2.80 bits per heavy atom. The van der Waals surface area contributed by atoms with E-state index in [2.05, 4.69) is 25.4 Å². The van der Waals surface area contributed by atoms with E-state index in [4.69, 9.17) is 10.5 Å². The average Bonchev–Trinajstić information content (AvgIpc) is 3.21. The van der Waals surface area contributed by atoms with Gasteiger partial charge in [0, 0.05) is 38.6 Å². The van der Waals surface area contributed by atoms with E-state index in [-0.39, 0.29) is 30.2 Å². The number of aromatic nitrogens is 3. The van der Waals surface area contributed by atoms with Gasteiger partial charge in [-0.25, -0.2) is 0 Å². The maximum atomic E-state index is 13.5. The number of carbonyl (C=O) groups is 2. The van der Waals surface area contributed by atoms with Crippen LogP contribution in [0.15, 0.2) is 0 Å². The Bertz CT molecular complexity index is 763. The van der Waals surface area contributed by atoms with E-state index >= 15 is 0 Å². The standard InChI is InChI=1S/C20H33N7O3/c1-2-17(28)27-6-4-14-11-15(26-7-9-30-10-8-26)3-5-20(14,13-27)18(29)22-12-16-23-19(21)25-24-16/h14-15H,2-13H2,1H3,(H,22,29)(H3,21,23,24,25)/t14-,15+,20-/m1/s1. The third-order valence-corrected chi connectivity index (χ3v) is 7.12. The van der Waals surface area contributed by atoms with Crippen molar-refractivity contribution in [1.29, 1.82) is 0 Å². The molecule has 166 valence electrons. The second-order valence-corrected chi connectivity index (χ2v) is 8.71. The number of nitrogen functional groups attached to an aromatic ring is 1. The Kier molecular flexibility index (Phi) is 6.24. The Hall–Kier alpha value is -2.20. The van der Waals surface area contributed by atoms with Gasteiger partial charge in [0.2, 0.25) is 17.8 Å². The molecular weight excluding hydrogens is 386 g/mol. The fourth-order valence-corrected chi connectivity index (χ4v) is 5.44. The number of nitrogens with one attached hydrogen (secondary N) is 2. The van der Waals surface area contributed by atoms with E-state index in [9.17, 15) is 9.59 Å². The van der Waals surface area contributed by atoms with Crippen LogP contribution in [0.1, 0.15) is 44.9 Å². The topological polar surface area (TPSA) is 129 Å². The molecule has 2 saturated heterocycles. The minimum absolute atomic E-state index is 0.0106. The summed E-state index contributed by atoms with van der Waals surface area (Å²) in [4.78, 5) is 34.4. The van der Waals surface area contributed by atoms with Gasteiger partial charge in [0.25, 0.3) is 0 Å². The molecule has 0 radical (unpaired) electrons. The third-order valence-electron chi connectivity index (χ3n) is 7.12. The number of anilines is 1. The number of fused-ring (bicyclic) bond motifs is 1. The second-order valence-electron chi connectivity index (χ2n) is 8.71. The Morgan fingerprint density at radius 1 is 1.30 bits per heavy atom. The van der Waals surface area contributed by atoms with Gasteiger partial charge in [-0.15, -0.1) is 5.10 Å². The highest BCUT2D eigenvalue weighted by molar-refractivity contribution is 5.85. The number of carbonyl (C=O) groups excluding carboxylic acids is 2. The zero-order chi connectivity index (χ0) is 21.1. The molecule has 3 aliphatic rings. The van der Waals surface area contributed by atoms with Gasteiger partial charge in [-0.05, 0) is 31.6 Å². The van der Waals surface area contributed by atoms with Crippen molar-refractivity contribution in [3.05, 3.63) is 5.82 Å². The molecule has 10 nitrogen and oxygen atoms in total. The number of H-pyrrole nitrogens is 1. The van der Waals surface area contributed by atoms with Crippen molar-refractivity contribution in [2.45, 2.75) is 51.6 Å². The summed E-state index contributed by atoms with van der Waals surface area (Å²) in [6.07, 6.45) is 4.09. The lowest BCUT2D eigenvalue weighted by atomic mass is 9.60. The van der Waals surface area contributed by atoms with E-state index in [1.165, 1.54) is 0 Å². The number of nitrogens with zero attached hydrogens (tertiary/aromatic N) is 4. The molecule has 30 heavy (non-hydrogen) atoms. The summed E-state index contributed by atoms with van der Waals surface area (Å²) in [5.41, 5.74) is 5.02. The third kappa shape index (κ3) is 4.15. The zero-order valence-electron chi connectivity index (χ0n) is 17.7. The first-order valence-corrected chi connectivity index (χ1v) is 11.1. The minimum Gasteiger partial charge on any atom is -0.379 e. The monoisotopic (exact) mass is 419 g/mol. The minimum atomic E-state index is -0.544. The van der Waals surface area contributed by atoms with E-state index in [0.717, 1.165) is 58.5 Å². The van der Waals surface area contributed by atoms with Crippen LogP contribution >= 0.6 is 0 Å². The van der Waals surface area contributed by atoms with Crippen LogP contribution in [0, 0.1) is 11.3 Å². The highest BCUT2D eigenvalue weighted by Gasteiger charge is 2.53. The molecule has 0 bridgehead atoms. The van der Waals surface area contributed by atoms with E-state index in [1.807, 2.05) is 11.8 Å². The number of piperidine rings is 1. The number of likely N-dealkylation sites (tertiary alicyclic amines) is 1. The van der Waals surface area contributed by atoms with Crippen molar-refractivity contribution < 1.29 is 14.3 Å². The van der Waals surface area contributed by atoms with Crippen LogP contribution in [0.5, 0.6) is 0 Å². The molecule has 1 saturated carbocycles. The van der Waals surface area contributed by atoms with Gasteiger partial charge in [0.05, 0.1) is 25.2 Å². The normalized spacial score (nSPS) is 30.0. The molecule has 4 rings (SSSR count). The summed E-state index contributed by atoms with van der Waals surface area (Å²) < 4.78 is 5.51. The smallest absolute Gasteiger partial charge is 0.239 e. The number of hydrogen-bond donors (Lipinski definition) is 3. The lowest BCUT2D eigenvalue weighted by Crippen LogP contribution is -2.61. The van der Waals surface area contributed by atoms with Crippen molar-refractivity contribution in [2.75, 3.05) is 45.1 Å². The summed E-state index contributed by atoms with van der Waals surface area (Å²) in [6.45, 7) is 6.87. The number of nitrogens with two attached hydrogens (primary N) is 1. The molecule has 10 heteroatoms. The zero-order valence-corrected chi connectivity index (χ0v) is 17.7. The predicted molar refractivity (Wildman–Crippen MR) is 110 cm³/mol. The van der Waals surface area contributed by atoms with Gasteiger partial charge in [-0.1, -0.05) is 6.92 Å². The predicted octanol–water partition coefficient (Wildman–Crippen LogP) is 0.133. The van der Waals surface area contributed by atoms with Crippen molar-refractivity contribution in [3.63, 3.8) is 0 Å². The maximum Gasteiger partial charge on any atom is 0.239 e. The van der Waals surface area contributed by atoms with Crippen molar-refractivity contribution in [2.24, 2.45) is 11.3 Å². The molecule has 2 amide bonds. The highest BCUT2D eigenvalue weighted by Crippen LogP contribution is 2.48. The van der Waals surface area contributed by atoms with Gasteiger partial charge in [-0.2, -0.15) is 4.98 Å². The number of ether oxygens (including phenoxy) is 1. The molecule has 3 fully saturated rings. The molecule has 1 aliphatic carbocycles. The molecule has 0 aromatic carbocycles. The Morgan fingerprint density at radius 2 is 2.10 bits per heavy atom. The largest absolute Gasteiger partial charge is 0.379 e. The summed E-state index contributed by atoms with van der Waals surface area (Å²) in [5.74, 6) is 1.10. The average molecular weight is 420 g/mol. The molecule has 2 aliphatic heterocycles. The number of morpholine rings is 1. The highest BCUT2D eigenvalue weighted by atomic mass is 16.5. The first kappa shape index (κ1) is 21.0. The molecular formula is C20H33N7O3. The molecule has 0 spiro atoms. The van der Waals surface area contributed by atoms with Gasteiger partial charge in [0.15, 0.2) is 0 Å². The van der Waals surface area contributed by atoms with Crippen LogP contribution in [-0.2, 0) is 20.9 Å². The molecule has 1 aromatic rings. The van der Waals surface area contributed by atoms with Crippen molar-refractivity contribution >= 4 is 17.8 Å². The van der Waals surface area contributed by atoms with Crippen molar-refractivity contribution in [3.8, 4) is 0 Å². The molecule has 0 unspecified atom stereocenters. The molecule has 1 aromatic heterocycles. The lowest BCUT2D eigenvalue weighted by Gasteiger charge is -2.53. The Labute approximate surface area is 176 Å². The van der Waals surface area contributed by atoms with Gasteiger partial charge in [0.1, 0.15) is 5.82 Å². The van der Waals surface area contributed by atoms with Gasteiger partial charge >= 0.3 is 0 Å². The van der Waals surface area contributed by atoms with Crippen LogP contribution in [0.2, 0.25) is 0 Å². The molecule has 3 atom stereocenters. The molecule has 4 N–H and O–H groups in total. The number of hydrogen-bond acceptors (Lipinski definition) is 7. The SMILES string of the molecule is CCC(=O)N1CC[C@@H]2C[C@@H](N3CCOCC3)CC[C@@]2(C(=O)NCc2nc(N)n[nH]2)C1. The summed E-state index contributed by atoms with van der Waals surface area (Å²) in [6, 6.07) is 0.488. The lowest BCUT2D eigenvalue weighted by molar-refractivity contribution is -0.151. The Balaban J connectivity index is 1.49. The number of rotatable bonds is 5. The summed E-state index contributed by atoms with van der Waals surface area (Å²) >= 11 is 0. The molecule has 3 heterocycles. The first-order valence-electron chi connectivity index (χ1n) is 11.1. The first-order chi connectivity index (χ1) is 14.5. The quantitative estimate of drug-likeness (QED) is 0.619. The van der Waals surface area contributed by atoms with Crippen LogP contribution in [0.25, 0.3) is 0 Å². The van der Waals surface area contributed by atoms with Crippen LogP contribution in [0.4, 0.5) is 5.95 Å². The van der Waals surface area contributed by atoms with E-state index in [0.29, 0.717) is 24.8 Å². The number of aromatic amines is 1. The fraction of sp³-hybridized carbons (Fsp3) is 0.800. The van der Waals surface area contributed by atoms with Crippen LogP contribution in [0.3, 0.4) is 0 Å². The van der Waals surface area contributed by atoms with E-state index in [1.54, 1.807) is 0 Å². The number of amides is 2. The maximum absolute atomic E-state index is 13.5. The van der Waals surface area contributed by atoms with Crippen LogP contribution < -0.4 is 11.1 Å². The van der Waals surface area contributed by atoms with Gasteiger partial charge in [-0.3, -0.25) is 19.6 Å². The van der Waals surface area contributed by atoms with E-state index < -0.39 is 5.41 Å². The second kappa shape index (κ2) is 8.89. The van der Waals surface area contributed by atoms with Gasteiger partial charge < -0.3 is 20.7 Å². The summed E-state index contributed by atoms with van der Waals surface area (Å²) in [5, 5.41) is 9.60. The van der Waals surface area contributed by atoms with Crippen LogP contribution in [-0.4, -0.2) is 82.2 Å². The summed E-state index contributed by atoms with van der Waals surface area (Å²) in [7, 11) is 0.